The minimum Gasteiger partial charge on any atom is -0.322 e. The van der Waals surface area contributed by atoms with E-state index in [0.717, 1.165) is 19.7 Å². The van der Waals surface area contributed by atoms with E-state index in [-0.39, 0.29) is 10.8 Å². The fourth-order valence-electron chi connectivity index (χ4n) is 2.35. The zero-order chi connectivity index (χ0) is 18.9. The molecular formula is C17H17N3O4S2. The molecule has 2 aromatic carbocycles. The number of carbonyl (C=O) groups excluding carboxylic acids is 1. The number of carbonyl (C=O) groups is 1. The molecule has 0 aliphatic carbocycles. The molecule has 1 aromatic heterocycles. The predicted octanol–water partition coefficient (Wildman–Crippen LogP) is 3.04. The van der Waals surface area contributed by atoms with Gasteiger partial charge in [0.25, 0.3) is 15.9 Å². The van der Waals surface area contributed by atoms with E-state index >= 15 is 0 Å². The van der Waals surface area contributed by atoms with E-state index in [1.807, 2.05) is 19.1 Å². The molecule has 0 saturated carbocycles. The molecule has 1 N–H and O–H groups in total. The van der Waals surface area contributed by atoms with Gasteiger partial charge in [0.05, 0.1) is 27.2 Å². The van der Waals surface area contributed by atoms with Crippen molar-refractivity contribution in [1.29, 1.82) is 0 Å². The highest BCUT2D eigenvalue weighted by molar-refractivity contribution is 7.89. The van der Waals surface area contributed by atoms with Crippen LogP contribution in [0.15, 0.2) is 47.4 Å². The van der Waals surface area contributed by atoms with Gasteiger partial charge in [-0.15, -0.1) is 11.3 Å². The van der Waals surface area contributed by atoms with Crippen LogP contribution in [0.5, 0.6) is 0 Å². The van der Waals surface area contributed by atoms with Gasteiger partial charge < -0.3 is 5.32 Å². The van der Waals surface area contributed by atoms with Crippen molar-refractivity contribution in [3.8, 4) is 0 Å². The first-order chi connectivity index (χ1) is 12.3. The SMILES string of the molecule is CON(C)S(=O)(=O)c1ccc(C(=O)Nc2ccc3nc(C)sc3c2)cc1. The Morgan fingerprint density at radius 3 is 2.54 bits per heavy atom. The van der Waals surface area contributed by atoms with Crippen molar-refractivity contribution in [3.05, 3.63) is 53.0 Å². The maximum Gasteiger partial charge on any atom is 0.264 e. The van der Waals surface area contributed by atoms with Crippen molar-refractivity contribution in [3.63, 3.8) is 0 Å². The first-order valence-corrected chi connectivity index (χ1v) is 9.88. The standard InChI is InChI=1S/C17H17N3O4S2/c1-11-18-15-9-6-13(10-16(15)25-11)19-17(21)12-4-7-14(8-5-12)26(22,23)20(2)24-3/h4-10H,1-3H3,(H,19,21). The third-order valence-corrected chi connectivity index (χ3v) is 6.39. The average molecular weight is 391 g/mol. The van der Waals surface area contributed by atoms with Crippen LogP contribution in [0.4, 0.5) is 5.69 Å². The van der Waals surface area contributed by atoms with E-state index in [1.54, 1.807) is 17.4 Å². The van der Waals surface area contributed by atoms with Gasteiger partial charge in [0.1, 0.15) is 0 Å². The first-order valence-electron chi connectivity index (χ1n) is 7.63. The third kappa shape index (κ3) is 3.61. The summed E-state index contributed by atoms with van der Waals surface area (Å²) in [4.78, 5) is 21.5. The molecule has 0 aliphatic rings. The van der Waals surface area contributed by atoms with Crippen LogP contribution in [-0.2, 0) is 14.9 Å². The zero-order valence-corrected chi connectivity index (χ0v) is 16.0. The number of aryl methyl sites for hydroxylation is 1. The molecule has 0 bridgehead atoms. The van der Waals surface area contributed by atoms with Crippen LogP contribution >= 0.6 is 11.3 Å². The molecule has 0 radical (unpaired) electrons. The second-order valence-corrected chi connectivity index (χ2v) is 8.66. The maximum absolute atomic E-state index is 12.4. The number of amides is 1. The molecule has 1 amide bonds. The Balaban J connectivity index is 1.79. The van der Waals surface area contributed by atoms with Crippen molar-refractivity contribution < 1.29 is 18.0 Å². The Kier molecular flexibility index (Phi) is 5.05. The lowest BCUT2D eigenvalue weighted by molar-refractivity contribution is -0.0258. The fraction of sp³-hybridized carbons (Fsp3) is 0.176. The molecular weight excluding hydrogens is 374 g/mol. The summed E-state index contributed by atoms with van der Waals surface area (Å²) in [5, 5.41) is 3.77. The summed E-state index contributed by atoms with van der Waals surface area (Å²) in [5.74, 6) is -0.324. The summed E-state index contributed by atoms with van der Waals surface area (Å²) >= 11 is 1.55. The lowest BCUT2D eigenvalue weighted by Gasteiger charge is -2.14. The van der Waals surface area contributed by atoms with Gasteiger partial charge in [-0.1, -0.05) is 4.47 Å². The number of benzene rings is 2. The van der Waals surface area contributed by atoms with Crippen molar-refractivity contribution in [2.45, 2.75) is 11.8 Å². The van der Waals surface area contributed by atoms with Crippen LogP contribution in [0.25, 0.3) is 10.2 Å². The number of hydroxylamine groups is 1. The highest BCUT2D eigenvalue weighted by Gasteiger charge is 2.21. The van der Waals surface area contributed by atoms with E-state index in [4.69, 9.17) is 4.84 Å². The summed E-state index contributed by atoms with van der Waals surface area (Å²) in [6.07, 6.45) is 0. The first kappa shape index (κ1) is 18.5. The summed E-state index contributed by atoms with van der Waals surface area (Å²) in [5.41, 5.74) is 1.90. The highest BCUT2D eigenvalue weighted by atomic mass is 32.2. The van der Waals surface area contributed by atoms with Gasteiger partial charge in [0.15, 0.2) is 0 Å². The van der Waals surface area contributed by atoms with Gasteiger partial charge >= 0.3 is 0 Å². The zero-order valence-electron chi connectivity index (χ0n) is 14.4. The molecule has 1 heterocycles. The molecule has 0 unspecified atom stereocenters. The minimum atomic E-state index is -3.74. The molecule has 0 aliphatic heterocycles. The van der Waals surface area contributed by atoms with Crippen LogP contribution in [-0.4, -0.2) is 37.9 Å². The lowest BCUT2D eigenvalue weighted by Crippen LogP contribution is -2.25. The number of hydrogen-bond acceptors (Lipinski definition) is 6. The number of thiazole rings is 1. The number of aromatic nitrogens is 1. The summed E-state index contributed by atoms with van der Waals surface area (Å²) in [7, 11) is -1.18. The Morgan fingerprint density at radius 1 is 1.19 bits per heavy atom. The Morgan fingerprint density at radius 2 is 1.88 bits per heavy atom. The molecule has 3 aromatic rings. The monoisotopic (exact) mass is 391 g/mol. The third-order valence-electron chi connectivity index (χ3n) is 3.76. The van der Waals surface area contributed by atoms with E-state index in [0.29, 0.717) is 11.3 Å². The molecule has 136 valence electrons. The number of sulfonamides is 1. The second-order valence-electron chi connectivity index (χ2n) is 5.49. The largest absolute Gasteiger partial charge is 0.322 e. The van der Waals surface area contributed by atoms with Crippen LogP contribution in [0.1, 0.15) is 15.4 Å². The van der Waals surface area contributed by atoms with Crippen molar-refractivity contribution >= 4 is 43.2 Å². The molecule has 26 heavy (non-hydrogen) atoms. The topological polar surface area (TPSA) is 88.6 Å². The Hall–Kier alpha value is -2.33. The summed E-state index contributed by atoms with van der Waals surface area (Å²) in [6.45, 7) is 1.93. The Bertz CT molecular complexity index is 1060. The van der Waals surface area contributed by atoms with Gasteiger partial charge in [-0.25, -0.2) is 13.4 Å². The number of anilines is 1. The Labute approximate surface area is 155 Å². The van der Waals surface area contributed by atoms with Gasteiger partial charge in [0, 0.05) is 18.3 Å². The van der Waals surface area contributed by atoms with Crippen molar-refractivity contribution in [2.75, 3.05) is 19.5 Å². The number of hydrogen-bond donors (Lipinski definition) is 1. The van der Waals surface area contributed by atoms with Crippen molar-refractivity contribution in [1.82, 2.24) is 9.45 Å². The normalized spacial score (nSPS) is 11.8. The predicted molar refractivity (Wildman–Crippen MR) is 101 cm³/mol. The maximum atomic E-state index is 12.4. The lowest BCUT2D eigenvalue weighted by atomic mass is 10.2. The second kappa shape index (κ2) is 7.12. The van der Waals surface area contributed by atoms with E-state index in [9.17, 15) is 13.2 Å². The average Bonchev–Trinajstić information content (AvgIpc) is 3.00. The number of nitrogens with one attached hydrogen (secondary N) is 1. The molecule has 0 fully saturated rings. The number of rotatable bonds is 5. The molecule has 0 atom stereocenters. The number of nitrogens with zero attached hydrogens (tertiary/aromatic N) is 2. The van der Waals surface area contributed by atoms with Crippen LogP contribution in [0, 0.1) is 6.92 Å². The van der Waals surface area contributed by atoms with Crippen LogP contribution < -0.4 is 5.32 Å². The smallest absolute Gasteiger partial charge is 0.264 e. The van der Waals surface area contributed by atoms with E-state index in [1.165, 1.54) is 38.4 Å². The van der Waals surface area contributed by atoms with Gasteiger partial charge in [0.2, 0.25) is 0 Å². The summed E-state index contributed by atoms with van der Waals surface area (Å²) in [6, 6.07) is 11.2. The quantitative estimate of drug-likeness (QED) is 0.676. The van der Waals surface area contributed by atoms with Gasteiger partial charge in [-0.05, 0) is 49.4 Å². The molecule has 0 saturated heterocycles. The fourth-order valence-corrected chi connectivity index (χ4v) is 4.19. The van der Waals surface area contributed by atoms with Crippen LogP contribution in [0.2, 0.25) is 0 Å². The van der Waals surface area contributed by atoms with Gasteiger partial charge in [-0.3, -0.25) is 9.63 Å². The highest BCUT2D eigenvalue weighted by Crippen LogP contribution is 2.25. The van der Waals surface area contributed by atoms with E-state index in [2.05, 4.69) is 10.3 Å². The van der Waals surface area contributed by atoms with E-state index < -0.39 is 10.0 Å². The molecule has 9 heteroatoms. The van der Waals surface area contributed by atoms with Crippen molar-refractivity contribution in [2.24, 2.45) is 0 Å². The molecule has 3 rings (SSSR count). The number of fused-ring (bicyclic) bond motifs is 1. The minimum absolute atomic E-state index is 0.0416. The molecule has 7 nitrogen and oxygen atoms in total. The summed E-state index contributed by atoms with van der Waals surface area (Å²) < 4.78 is 26.1. The molecule has 0 spiro atoms. The van der Waals surface area contributed by atoms with Crippen LogP contribution in [0.3, 0.4) is 0 Å². The van der Waals surface area contributed by atoms with Gasteiger partial charge in [-0.2, -0.15) is 0 Å².